The third-order valence-electron chi connectivity index (χ3n) is 3.36. The van der Waals surface area contributed by atoms with Crippen molar-refractivity contribution in [3.63, 3.8) is 0 Å². The van der Waals surface area contributed by atoms with E-state index < -0.39 is 0 Å². The highest BCUT2D eigenvalue weighted by molar-refractivity contribution is 5.79. The SMILES string of the molecule is COc1ccc2nc(N)n(CCc3ccncc3)c2c1. The van der Waals surface area contributed by atoms with Crippen molar-refractivity contribution in [2.24, 2.45) is 0 Å². The van der Waals surface area contributed by atoms with Crippen molar-refractivity contribution in [3.8, 4) is 5.75 Å². The molecular weight excluding hydrogens is 252 g/mol. The van der Waals surface area contributed by atoms with Crippen LogP contribution in [-0.4, -0.2) is 21.6 Å². The van der Waals surface area contributed by atoms with Gasteiger partial charge in [0.25, 0.3) is 0 Å². The van der Waals surface area contributed by atoms with Gasteiger partial charge in [0.15, 0.2) is 0 Å². The first-order valence-electron chi connectivity index (χ1n) is 6.46. The lowest BCUT2D eigenvalue weighted by Gasteiger charge is -2.07. The lowest BCUT2D eigenvalue weighted by molar-refractivity contribution is 0.415. The summed E-state index contributed by atoms with van der Waals surface area (Å²) in [6, 6.07) is 9.80. The summed E-state index contributed by atoms with van der Waals surface area (Å²) in [6.07, 6.45) is 4.48. The number of aromatic nitrogens is 3. The number of pyridine rings is 1. The number of aryl methyl sites for hydroxylation is 2. The van der Waals surface area contributed by atoms with E-state index in [1.54, 1.807) is 19.5 Å². The Morgan fingerprint density at radius 2 is 2.00 bits per heavy atom. The highest BCUT2D eigenvalue weighted by atomic mass is 16.5. The summed E-state index contributed by atoms with van der Waals surface area (Å²) in [5.41, 5.74) is 9.12. The number of hydrogen-bond donors (Lipinski definition) is 1. The minimum atomic E-state index is 0.530. The van der Waals surface area contributed by atoms with Crippen LogP contribution in [0.4, 0.5) is 5.95 Å². The Labute approximate surface area is 117 Å². The van der Waals surface area contributed by atoms with E-state index >= 15 is 0 Å². The summed E-state index contributed by atoms with van der Waals surface area (Å²) in [4.78, 5) is 8.39. The van der Waals surface area contributed by atoms with Crippen LogP contribution >= 0.6 is 0 Å². The molecule has 0 saturated heterocycles. The molecule has 1 aromatic carbocycles. The normalized spacial score (nSPS) is 10.8. The summed E-state index contributed by atoms with van der Waals surface area (Å²) < 4.78 is 7.27. The van der Waals surface area contributed by atoms with E-state index in [1.807, 2.05) is 34.9 Å². The van der Waals surface area contributed by atoms with E-state index in [-0.39, 0.29) is 0 Å². The van der Waals surface area contributed by atoms with E-state index in [2.05, 4.69) is 9.97 Å². The summed E-state index contributed by atoms with van der Waals surface area (Å²) in [7, 11) is 1.65. The van der Waals surface area contributed by atoms with Gasteiger partial charge in [-0.05, 0) is 36.2 Å². The fourth-order valence-corrected chi connectivity index (χ4v) is 2.27. The van der Waals surface area contributed by atoms with Crippen molar-refractivity contribution in [3.05, 3.63) is 48.3 Å². The molecule has 0 unspecified atom stereocenters. The van der Waals surface area contributed by atoms with Gasteiger partial charge in [0, 0.05) is 25.0 Å². The first-order valence-corrected chi connectivity index (χ1v) is 6.46. The Morgan fingerprint density at radius 1 is 1.20 bits per heavy atom. The third-order valence-corrected chi connectivity index (χ3v) is 3.36. The number of nitrogens with zero attached hydrogens (tertiary/aromatic N) is 3. The summed E-state index contributed by atoms with van der Waals surface area (Å²) in [5.74, 6) is 1.34. The van der Waals surface area contributed by atoms with Crippen LogP contribution in [0.1, 0.15) is 5.56 Å². The largest absolute Gasteiger partial charge is 0.497 e. The van der Waals surface area contributed by atoms with Gasteiger partial charge in [-0.15, -0.1) is 0 Å². The fraction of sp³-hybridized carbons (Fsp3) is 0.200. The highest BCUT2D eigenvalue weighted by Crippen LogP contribution is 2.23. The number of anilines is 1. The van der Waals surface area contributed by atoms with Crippen molar-refractivity contribution in [1.82, 2.24) is 14.5 Å². The predicted octanol–water partition coefficient (Wildman–Crippen LogP) is 2.26. The number of nitrogen functional groups attached to an aromatic ring is 1. The minimum absolute atomic E-state index is 0.530. The van der Waals surface area contributed by atoms with Crippen molar-refractivity contribution in [1.29, 1.82) is 0 Å². The second kappa shape index (κ2) is 5.21. The fourth-order valence-electron chi connectivity index (χ4n) is 2.27. The molecule has 0 aliphatic rings. The van der Waals surface area contributed by atoms with Gasteiger partial charge in [-0.1, -0.05) is 0 Å². The van der Waals surface area contributed by atoms with Gasteiger partial charge in [0.05, 0.1) is 18.1 Å². The molecule has 3 aromatic rings. The van der Waals surface area contributed by atoms with E-state index in [0.29, 0.717) is 5.95 Å². The molecule has 0 amide bonds. The molecule has 3 rings (SSSR count). The van der Waals surface area contributed by atoms with Gasteiger partial charge in [-0.25, -0.2) is 4.98 Å². The number of benzene rings is 1. The first-order chi connectivity index (χ1) is 9.78. The number of fused-ring (bicyclic) bond motifs is 1. The van der Waals surface area contributed by atoms with Gasteiger partial charge < -0.3 is 15.0 Å². The molecule has 0 fully saturated rings. The molecular formula is C15H16N4O. The average Bonchev–Trinajstić information content (AvgIpc) is 2.80. The van der Waals surface area contributed by atoms with Crippen molar-refractivity contribution in [2.75, 3.05) is 12.8 Å². The van der Waals surface area contributed by atoms with E-state index in [0.717, 1.165) is 29.7 Å². The second-order valence-corrected chi connectivity index (χ2v) is 4.58. The highest BCUT2D eigenvalue weighted by Gasteiger charge is 2.09. The molecule has 0 aliphatic heterocycles. The molecule has 0 saturated carbocycles. The van der Waals surface area contributed by atoms with Gasteiger partial charge in [-0.3, -0.25) is 4.98 Å². The third kappa shape index (κ3) is 2.30. The first kappa shape index (κ1) is 12.5. The smallest absolute Gasteiger partial charge is 0.201 e. The van der Waals surface area contributed by atoms with E-state index in [9.17, 15) is 0 Å². The van der Waals surface area contributed by atoms with Crippen LogP contribution in [0.3, 0.4) is 0 Å². The second-order valence-electron chi connectivity index (χ2n) is 4.58. The Morgan fingerprint density at radius 3 is 2.75 bits per heavy atom. The summed E-state index contributed by atoms with van der Waals surface area (Å²) >= 11 is 0. The molecule has 0 spiro atoms. The molecule has 102 valence electrons. The Kier molecular flexibility index (Phi) is 3.25. The quantitative estimate of drug-likeness (QED) is 0.788. The predicted molar refractivity (Wildman–Crippen MR) is 78.6 cm³/mol. The number of rotatable bonds is 4. The number of nitrogens with two attached hydrogens (primary N) is 1. The molecule has 0 aliphatic carbocycles. The van der Waals surface area contributed by atoms with Gasteiger partial charge in [0.2, 0.25) is 5.95 Å². The topological polar surface area (TPSA) is 66.0 Å². The molecule has 0 atom stereocenters. The van der Waals surface area contributed by atoms with Crippen LogP contribution in [0.15, 0.2) is 42.7 Å². The molecule has 2 heterocycles. The zero-order valence-corrected chi connectivity index (χ0v) is 11.3. The van der Waals surface area contributed by atoms with Crippen molar-refractivity contribution < 1.29 is 4.74 Å². The lowest BCUT2D eigenvalue weighted by atomic mass is 10.2. The van der Waals surface area contributed by atoms with E-state index in [4.69, 9.17) is 10.5 Å². The molecule has 0 radical (unpaired) electrons. The number of methoxy groups -OCH3 is 1. The summed E-state index contributed by atoms with van der Waals surface area (Å²) in [5, 5.41) is 0. The van der Waals surface area contributed by atoms with Crippen LogP contribution in [0.2, 0.25) is 0 Å². The molecule has 2 N–H and O–H groups in total. The zero-order chi connectivity index (χ0) is 13.9. The Balaban J connectivity index is 1.92. The molecule has 20 heavy (non-hydrogen) atoms. The Bertz CT molecular complexity index is 721. The molecule has 0 bridgehead atoms. The van der Waals surface area contributed by atoms with Gasteiger partial charge in [0.1, 0.15) is 5.75 Å². The monoisotopic (exact) mass is 268 g/mol. The number of hydrogen-bond acceptors (Lipinski definition) is 4. The number of ether oxygens (including phenoxy) is 1. The van der Waals surface area contributed by atoms with Gasteiger partial charge >= 0.3 is 0 Å². The van der Waals surface area contributed by atoms with Gasteiger partial charge in [-0.2, -0.15) is 0 Å². The molecule has 2 aromatic heterocycles. The summed E-state index contributed by atoms with van der Waals surface area (Å²) in [6.45, 7) is 0.777. The zero-order valence-electron chi connectivity index (χ0n) is 11.3. The van der Waals surface area contributed by atoms with Crippen molar-refractivity contribution in [2.45, 2.75) is 13.0 Å². The lowest BCUT2D eigenvalue weighted by Crippen LogP contribution is -2.05. The maximum atomic E-state index is 6.01. The standard InChI is InChI=1S/C15H16N4O/c1-20-12-2-3-13-14(10-12)19(15(16)18-13)9-6-11-4-7-17-8-5-11/h2-5,7-8,10H,6,9H2,1H3,(H2,16,18). The Hall–Kier alpha value is -2.56. The average molecular weight is 268 g/mol. The molecule has 5 heteroatoms. The maximum absolute atomic E-state index is 6.01. The van der Waals surface area contributed by atoms with Crippen LogP contribution < -0.4 is 10.5 Å². The maximum Gasteiger partial charge on any atom is 0.201 e. The van der Waals surface area contributed by atoms with Crippen LogP contribution in [0.5, 0.6) is 5.75 Å². The molecule has 5 nitrogen and oxygen atoms in total. The van der Waals surface area contributed by atoms with Crippen LogP contribution in [0, 0.1) is 0 Å². The minimum Gasteiger partial charge on any atom is -0.497 e. The van der Waals surface area contributed by atoms with Crippen LogP contribution in [0.25, 0.3) is 11.0 Å². The van der Waals surface area contributed by atoms with Crippen LogP contribution in [-0.2, 0) is 13.0 Å². The van der Waals surface area contributed by atoms with E-state index in [1.165, 1.54) is 5.56 Å². The van der Waals surface area contributed by atoms with Crippen molar-refractivity contribution >= 4 is 17.0 Å². The number of imidazole rings is 1.